The topological polar surface area (TPSA) is 127 Å². The van der Waals surface area contributed by atoms with E-state index in [2.05, 4.69) is 10.2 Å². The fourth-order valence-electron chi connectivity index (χ4n) is 3.48. The van der Waals surface area contributed by atoms with Crippen molar-refractivity contribution in [3.05, 3.63) is 35.4 Å². The van der Waals surface area contributed by atoms with E-state index in [9.17, 15) is 19.8 Å². The third kappa shape index (κ3) is 5.82. The average molecular weight is 475 g/mol. The van der Waals surface area contributed by atoms with Crippen LogP contribution in [0.1, 0.15) is 29.8 Å². The van der Waals surface area contributed by atoms with Gasteiger partial charge >= 0.3 is 5.97 Å². The number of phenolic OH excluding ortho intramolecular Hbond substituents is 2. The number of benzene rings is 2. The van der Waals surface area contributed by atoms with Gasteiger partial charge in [-0.25, -0.2) is 4.79 Å². The van der Waals surface area contributed by atoms with Gasteiger partial charge in [0.1, 0.15) is 17.1 Å². The highest BCUT2D eigenvalue weighted by Crippen LogP contribution is 2.39. The van der Waals surface area contributed by atoms with E-state index in [0.717, 1.165) is 5.69 Å². The van der Waals surface area contributed by atoms with Gasteiger partial charge in [-0.15, -0.1) is 0 Å². The van der Waals surface area contributed by atoms with Crippen LogP contribution in [0.2, 0.25) is 0 Å². The molecule has 3 N–H and O–H groups in total. The van der Waals surface area contributed by atoms with Gasteiger partial charge in [0.25, 0.3) is 5.91 Å². The van der Waals surface area contributed by atoms with Gasteiger partial charge in [0.15, 0.2) is 18.1 Å². The summed E-state index contributed by atoms with van der Waals surface area (Å²) in [6.45, 7) is 8.11. The SMILES string of the molecule is CCOc1cc(N2CCOCC2)c(OCC)cc1NC(=O)COC(=O)c1ccc(C)c(O)c1O. The van der Waals surface area contributed by atoms with Gasteiger partial charge in [-0.1, -0.05) is 6.07 Å². The number of hydrogen-bond acceptors (Lipinski definition) is 9. The van der Waals surface area contributed by atoms with Crippen molar-refractivity contribution in [1.82, 2.24) is 0 Å². The summed E-state index contributed by atoms with van der Waals surface area (Å²) < 4.78 is 22.0. The minimum atomic E-state index is -0.939. The molecule has 1 heterocycles. The number of anilines is 2. The summed E-state index contributed by atoms with van der Waals surface area (Å²) in [6.07, 6.45) is 0. The van der Waals surface area contributed by atoms with Crippen LogP contribution in [-0.2, 0) is 14.3 Å². The normalized spacial score (nSPS) is 13.3. The Labute approximate surface area is 198 Å². The standard InChI is InChI=1S/C24H30N2O8/c1-4-32-19-13-18(26-8-10-31-11-9-26)20(33-5-2)12-17(19)25-21(27)14-34-24(30)16-7-6-15(3)22(28)23(16)29/h6-7,12-13,28-29H,4-5,8-11,14H2,1-3H3,(H,25,27). The van der Waals surface area contributed by atoms with E-state index in [4.69, 9.17) is 18.9 Å². The number of carbonyl (C=O) groups excluding carboxylic acids is 2. The van der Waals surface area contributed by atoms with Crippen molar-refractivity contribution < 1.29 is 38.7 Å². The third-order valence-electron chi connectivity index (χ3n) is 5.19. The second-order valence-electron chi connectivity index (χ2n) is 7.53. The zero-order valence-corrected chi connectivity index (χ0v) is 19.6. The van der Waals surface area contributed by atoms with Crippen LogP contribution in [0.5, 0.6) is 23.0 Å². The van der Waals surface area contributed by atoms with E-state index in [1.54, 1.807) is 13.0 Å². The van der Waals surface area contributed by atoms with Crippen LogP contribution in [0.15, 0.2) is 24.3 Å². The molecule has 10 heteroatoms. The van der Waals surface area contributed by atoms with Crippen molar-refractivity contribution in [1.29, 1.82) is 0 Å². The van der Waals surface area contributed by atoms with Crippen LogP contribution in [-0.4, -0.2) is 68.2 Å². The van der Waals surface area contributed by atoms with E-state index in [-0.39, 0.29) is 5.56 Å². The molecule has 1 saturated heterocycles. The molecule has 1 fully saturated rings. The Morgan fingerprint density at radius 2 is 1.71 bits per heavy atom. The lowest BCUT2D eigenvalue weighted by atomic mass is 10.1. The number of hydrogen-bond donors (Lipinski definition) is 3. The maximum absolute atomic E-state index is 12.5. The Morgan fingerprint density at radius 3 is 2.38 bits per heavy atom. The lowest BCUT2D eigenvalue weighted by Crippen LogP contribution is -2.36. The largest absolute Gasteiger partial charge is 0.504 e. The van der Waals surface area contributed by atoms with Gasteiger partial charge in [-0.2, -0.15) is 0 Å². The molecule has 0 aliphatic carbocycles. The number of nitrogens with zero attached hydrogens (tertiary/aromatic N) is 1. The number of carbonyl (C=O) groups is 2. The van der Waals surface area contributed by atoms with Crippen LogP contribution >= 0.6 is 0 Å². The number of amides is 1. The second-order valence-corrected chi connectivity index (χ2v) is 7.53. The van der Waals surface area contributed by atoms with Crippen molar-refractivity contribution in [3.63, 3.8) is 0 Å². The molecule has 0 radical (unpaired) electrons. The molecule has 184 valence electrons. The molecule has 3 rings (SSSR count). The highest BCUT2D eigenvalue weighted by molar-refractivity contribution is 5.98. The molecule has 2 aromatic rings. The summed E-state index contributed by atoms with van der Waals surface area (Å²) in [5.74, 6) is -1.51. The molecule has 10 nitrogen and oxygen atoms in total. The van der Waals surface area contributed by atoms with Crippen LogP contribution in [0, 0.1) is 6.92 Å². The van der Waals surface area contributed by atoms with Crippen molar-refractivity contribution in [2.24, 2.45) is 0 Å². The number of phenols is 2. The number of aryl methyl sites for hydroxylation is 1. The number of rotatable bonds is 9. The first-order valence-electron chi connectivity index (χ1n) is 11.1. The van der Waals surface area contributed by atoms with Gasteiger partial charge in [-0.3, -0.25) is 4.79 Å². The first kappa shape index (κ1) is 25.0. The lowest BCUT2D eigenvalue weighted by molar-refractivity contribution is -0.119. The van der Waals surface area contributed by atoms with Crippen LogP contribution < -0.4 is 19.7 Å². The Kier molecular flexibility index (Phi) is 8.42. The van der Waals surface area contributed by atoms with Crippen LogP contribution in [0.4, 0.5) is 11.4 Å². The quantitative estimate of drug-likeness (QED) is 0.371. The highest BCUT2D eigenvalue weighted by atomic mass is 16.5. The van der Waals surface area contributed by atoms with E-state index in [0.29, 0.717) is 62.3 Å². The maximum atomic E-state index is 12.5. The summed E-state index contributed by atoms with van der Waals surface area (Å²) in [6, 6.07) is 6.28. The van der Waals surface area contributed by atoms with E-state index in [1.807, 2.05) is 19.9 Å². The molecule has 34 heavy (non-hydrogen) atoms. The van der Waals surface area contributed by atoms with Crippen molar-refractivity contribution in [3.8, 4) is 23.0 Å². The van der Waals surface area contributed by atoms with Crippen LogP contribution in [0.25, 0.3) is 0 Å². The molecule has 0 spiro atoms. The molecule has 0 aromatic heterocycles. The zero-order valence-electron chi connectivity index (χ0n) is 19.6. The maximum Gasteiger partial charge on any atom is 0.342 e. The van der Waals surface area contributed by atoms with Crippen LogP contribution in [0.3, 0.4) is 0 Å². The predicted octanol–water partition coefficient (Wildman–Crippen LogP) is 2.84. The Balaban J connectivity index is 1.75. The molecule has 2 aromatic carbocycles. The first-order chi connectivity index (χ1) is 16.3. The Hall–Kier alpha value is -3.66. The van der Waals surface area contributed by atoms with Crippen molar-refractivity contribution in [2.45, 2.75) is 20.8 Å². The molecular formula is C24H30N2O8. The summed E-state index contributed by atoms with van der Waals surface area (Å²) in [5, 5.41) is 22.5. The monoisotopic (exact) mass is 474 g/mol. The van der Waals surface area contributed by atoms with Gasteiger partial charge in [0, 0.05) is 25.2 Å². The second kappa shape index (κ2) is 11.5. The average Bonchev–Trinajstić information content (AvgIpc) is 2.83. The molecule has 0 bridgehead atoms. The number of esters is 1. The fourth-order valence-corrected chi connectivity index (χ4v) is 3.48. The molecule has 1 aliphatic heterocycles. The van der Waals surface area contributed by atoms with Gasteiger partial charge in [0.05, 0.1) is 37.8 Å². The van der Waals surface area contributed by atoms with E-state index < -0.39 is 30.0 Å². The van der Waals surface area contributed by atoms with Crippen molar-refractivity contribution >= 4 is 23.3 Å². The molecule has 0 unspecified atom stereocenters. The zero-order chi connectivity index (χ0) is 24.7. The van der Waals surface area contributed by atoms with Crippen molar-refractivity contribution in [2.75, 3.05) is 56.3 Å². The Bertz CT molecular complexity index is 1030. The van der Waals surface area contributed by atoms with Gasteiger partial charge in [0.2, 0.25) is 0 Å². The summed E-state index contributed by atoms with van der Waals surface area (Å²) in [4.78, 5) is 27.0. The molecule has 0 saturated carbocycles. The van der Waals surface area contributed by atoms with Gasteiger partial charge in [-0.05, 0) is 32.4 Å². The minimum Gasteiger partial charge on any atom is -0.504 e. The number of nitrogens with one attached hydrogen (secondary N) is 1. The smallest absolute Gasteiger partial charge is 0.342 e. The predicted molar refractivity (Wildman–Crippen MR) is 125 cm³/mol. The number of morpholine rings is 1. The third-order valence-corrected chi connectivity index (χ3v) is 5.19. The molecule has 1 amide bonds. The van der Waals surface area contributed by atoms with Gasteiger partial charge < -0.3 is 39.4 Å². The lowest BCUT2D eigenvalue weighted by Gasteiger charge is -2.31. The number of ether oxygens (including phenoxy) is 4. The highest BCUT2D eigenvalue weighted by Gasteiger charge is 2.22. The summed E-state index contributed by atoms with van der Waals surface area (Å²) in [7, 11) is 0. The molecule has 1 aliphatic rings. The molecule has 0 atom stereocenters. The first-order valence-corrected chi connectivity index (χ1v) is 11.1. The van der Waals surface area contributed by atoms with E-state index in [1.165, 1.54) is 12.1 Å². The van der Waals surface area contributed by atoms with E-state index >= 15 is 0 Å². The number of aromatic hydroxyl groups is 2. The summed E-state index contributed by atoms with van der Waals surface area (Å²) >= 11 is 0. The fraction of sp³-hybridized carbons (Fsp3) is 0.417. The minimum absolute atomic E-state index is 0.237. The molecular weight excluding hydrogens is 444 g/mol. The Morgan fingerprint density at radius 1 is 1.03 bits per heavy atom. The summed E-state index contributed by atoms with van der Waals surface area (Å²) in [5.41, 5.74) is 1.38.